The molecular formula is C6H10O6S. The Balaban J connectivity index is 4.32. The largest absolute Gasteiger partial charge is 0.387 e. The van der Waals surface area contributed by atoms with Crippen LogP contribution in [0.2, 0.25) is 0 Å². The molecule has 0 saturated heterocycles. The van der Waals surface area contributed by atoms with Gasteiger partial charge in [-0.15, -0.1) is 12.6 Å². The van der Waals surface area contributed by atoms with Crippen LogP contribution in [-0.2, 0) is 9.59 Å². The Morgan fingerprint density at radius 3 is 1.92 bits per heavy atom. The molecule has 6 nitrogen and oxygen atoms in total. The maximum absolute atomic E-state index is 10.4. The number of hydrogen-bond donors (Lipinski definition) is 5. The summed E-state index contributed by atoms with van der Waals surface area (Å²) < 4.78 is 0. The van der Waals surface area contributed by atoms with Gasteiger partial charge >= 0.3 is 0 Å². The third-order valence-corrected chi connectivity index (χ3v) is 1.68. The molecule has 4 N–H and O–H groups in total. The zero-order valence-corrected chi connectivity index (χ0v) is 7.33. The van der Waals surface area contributed by atoms with Crippen LogP contribution >= 0.6 is 12.6 Å². The fraction of sp³-hybridized carbons (Fsp3) is 0.667. The van der Waals surface area contributed by atoms with Crippen molar-refractivity contribution in [1.29, 1.82) is 0 Å². The summed E-state index contributed by atoms with van der Waals surface area (Å²) in [5, 5.41) is 34.4. The predicted molar refractivity (Wildman–Crippen MR) is 44.1 cm³/mol. The van der Waals surface area contributed by atoms with Gasteiger partial charge in [0, 0.05) is 0 Å². The second-order valence-electron chi connectivity index (χ2n) is 2.39. The number of hydrogen-bond acceptors (Lipinski definition) is 6. The van der Waals surface area contributed by atoms with Gasteiger partial charge in [-0.2, -0.15) is 0 Å². The van der Waals surface area contributed by atoms with Crippen LogP contribution in [0.3, 0.4) is 0 Å². The topological polar surface area (TPSA) is 115 Å². The molecule has 0 radical (unpaired) electrons. The Hall–Kier alpha value is -0.470. The average molecular weight is 210 g/mol. The summed E-state index contributed by atoms with van der Waals surface area (Å²) in [5.41, 5.74) is 0. The fourth-order valence-corrected chi connectivity index (χ4v) is 0.768. The lowest BCUT2D eigenvalue weighted by Crippen LogP contribution is -2.47. The first-order valence-electron chi connectivity index (χ1n) is 3.32. The Bertz CT molecular complexity index is 196. The smallest absolute Gasteiger partial charge is 0.217 e. The number of thiol groups is 1. The molecule has 0 aromatic heterocycles. The van der Waals surface area contributed by atoms with Gasteiger partial charge in [0.15, 0.2) is 12.4 Å². The highest BCUT2D eigenvalue weighted by atomic mass is 32.1. The van der Waals surface area contributed by atoms with Crippen molar-refractivity contribution in [2.75, 3.05) is 0 Å². The Morgan fingerprint density at radius 2 is 1.62 bits per heavy atom. The molecule has 0 spiro atoms. The SMILES string of the molecule is O=C[C@H](O)[C@H](O)[C@@H](O)[C@H](O)C(=O)S. The lowest BCUT2D eigenvalue weighted by Gasteiger charge is -2.21. The van der Waals surface area contributed by atoms with Crippen LogP contribution in [0.1, 0.15) is 0 Å². The van der Waals surface area contributed by atoms with E-state index in [1.807, 2.05) is 0 Å². The number of aliphatic hydroxyl groups excluding tert-OH is 4. The molecule has 0 bridgehead atoms. The molecule has 13 heavy (non-hydrogen) atoms. The Labute approximate surface area is 79.2 Å². The van der Waals surface area contributed by atoms with Gasteiger partial charge < -0.3 is 25.2 Å². The van der Waals surface area contributed by atoms with Crippen LogP contribution < -0.4 is 0 Å². The molecule has 0 aliphatic rings. The third kappa shape index (κ3) is 3.41. The predicted octanol–water partition coefficient (Wildman–Crippen LogP) is -2.91. The second kappa shape index (κ2) is 5.30. The van der Waals surface area contributed by atoms with Crippen LogP contribution in [0, 0.1) is 0 Å². The molecule has 0 aromatic rings. The molecule has 0 saturated carbocycles. The highest BCUT2D eigenvalue weighted by Gasteiger charge is 2.32. The first-order chi connectivity index (χ1) is 5.91. The molecule has 7 heteroatoms. The van der Waals surface area contributed by atoms with Crippen molar-refractivity contribution in [3.05, 3.63) is 0 Å². The quantitative estimate of drug-likeness (QED) is 0.245. The molecule has 0 amide bonds. The summed E-state index contributed by atoms with van der Waals surface area (Å²) in [5.74, 6) is 0. The van der Waals surface area contributed by atoms with E-state index < -0.39 is 29.5 Å². The van der Waals surface area contributed by atoms with E-state index in [1.165, 1.54) is 0 Å². The van der Waals surface area contributed by atoms with Gasteiger partial charge in [-0.3, -0.25) is 4.79 Å². The lowest BCUT2D eigenvalue weighted by atomic mass is 10.0. The van der Waals surface area contributed by atoms with E-state index in [0.717, 1.165) is 0 Å². The van der Waals surface area contributed by atoms with Crippen LogP contribution in [0.15, 0.2) is 0 Å². The minimum absolute atomic E-state index is 0.0242. The highest BCUT2D eigenvalue weighted by molar-refractivity contribution is 7.96. The van der Waals surface area contributed by atoms with Gasteiger partial charge in [-0.1, -0.05) is 0 Å². The van der Waals surface area contributed by atoms with E-state index >= 15 is 0 Å². The van der Waals surface area contributed by atoms with E-state index in [4.69, 9.17) is 20.4 Å². The van der Waals surface area contributed by atoms with Gasteiger partial charge in [0.25, 0.3) is 0 Å². The normalized spacial score (nSPS) is 20.1. The molecule has 0 unspecified atom stereocenters. The van der Waals surface area contributed by atoms with Crippen molar-refractivity contribution < 1.29 is 30.0 Å². The fourth-order valence-electron chi connectivity index (χ4n) is 0.615. The van der Waals surface area contributed by atoms with E-state index in [0.29, 0.717) is 0 Å². The monoisotopic (exact) mass is 210 g/mol. The summed E-state index contributed by atoms with van der Waals surface area (Å²) in [6.45, 7) is 0. The standard InChI is InChI=1S/C6H10O6S/c7-1-2(8)3(9)4(10)5(11)6(12)13/h1-5,8-11H,(H,12,13)/t2-,3-,4+,5-/m0/s1. The Morgan fingerprint density at radius 1 is 1.15 bits per heavy atom. The molecule has 0 aliphatic carbocycles. The summed E-state index contributed by atoms with van der Waals surface area (Å²) in [4.78, 5) is 20.3. The molecule has 0 aliphatic heterocycles. The van der Waals surface area contributed by atoms with Crippen LogP contribution in [0.4, 0.5) is 0 Å². The number of aliphatic hydroxyl groups is 4. The second-order valence-corrected chi connectivity index (χ2v) is 2.83. The number of carbonyl (C=O) groups is 2. The maximum Gasteiger partial charge on any atom is 0.217 e. The van der Waals surface area contributed by atoms with E-state index in [2.05, 4.69) is 12.6 Å². The Kier molecular flexibility index (Phi) is 5.11. The number of carbonyl (C=O) groups excluding carboxylic acids is 2. The van der Waals surface area contributed by atoms with Gasteiger partial charge in [0.05, 0.1) is 0 Å². The van der Waals surface area contributed by atoms with Gasteiger partial charge in [0.2, 0.25) is 5.12 Å². The van der Waals surface area contributed by atoms with Crippen molar-refractivity contribution in [2.45, 2.75) is 24.4 Å². The molecule has 0 rings (SSSR count). The minimum atomic E-state index is -1.94. The van der Waals surface area contributed by atoms with Crippen molar-refractivity contribution >= 4 is 24.0 Å². The van der Waals surface area contributed by atoms with Crippen molar-refractivity contribution in [3.8, 4) is 0 Å². The summed E-state index contributed by atoms with van der Waals surface area (Å²) in [6, 6.07) is 0. The van der Waals surface area contributed by atoms with Gasteiger partial charge in [-0.05, 0) is 0 Å². The summed E-state index contributed by atoms with van der Waals surface area (Å²) >= 11 is 3.19. The van der Waals surface area contributed by atoms with E-state index in [9.17, 15) is 9.59 Å². The first-order valence-corrected chi connectivity index (χ1v) is 3.77. The van der Waals surface area contributed by atoms with Crippen LogP contribution in [0.25, 0.3) is 0 Å². The zero-order chi connectivity index (χ0) is 10.6. The van der Waals surface area contributed by atoms with E-state index in [1.54, 1.807) is 0 Å². The summed E-state index contributed by atoms with van der Waals surface area (Å²) in [7, 11) is 0. The highest BCUT2D eigenvalue weighted by Crippen LogP contribution is 2.06. The van der Waals surface area contributed by atoms with Gasteiger partial charge in [0.1, 0.15) is 18.3 Å². The van der Waals surface area contributed by atoms with Crippen LogP contribution in [-0.4, -0.2) is 56.2 Å². The van der Waals surface area contributed by atoms with Crippen LogP contribution in [0.5, 0.6) is 0 Å². The van der Waals surface area contributed by atoms with Crippen molar-refractivity contribution in [1.82, 2.24) is 0 Å². The summed E-state index contributed by atoms with van der Waals surface area (Å²) in [6.07, 6.45) is -7.66. The van der Waals surface area contributed by atoms with Crippen molar-refractivity contribution in [3.63, 3.8) is 0 Å². The average Bonchev–Trinajstić information content (AvgIpc) is 2.12. The van der Waals surface area contributed by atoms with Gasteiger partial charge in [-0.25, -0.2) is 0 Å². The van der Waals surface area contributed by atoms with E-state index in [-0.39, 0.29) is 6.29 Å². The molecule has 0 heterocycles. The molecular weight excluding hydrogens is 200 g/mol. The number of rotatable bonds is 5. The molecule has 76 valence electrons. The minimum Gasteiger partial charge on any atom is -0.387 e. The molecule has 0 fully saturated rings. The first kappa shape index (κ1) is 12.5. The van der Waals surface area contributed by atoms with Crippen molar-refractivity contribution in [2.24, 2.45) is 0 Å². The molecule has 0 aromatic carbocycles. The molecule has 4 atom stereocenters. The maximum atomic E-state index is 10.4. The third-order valence-electron chi connectivity index (χ3n) is 1.42. The lowest BCUT2D eigenvalue weighted by molar-refractivity contribution is -0.142. The zero-order valence-electron chi connectivity index (χ0n) is 6.44. The number of aldehydes is 1.